The number of carboxylic acids is 1. The van der Waals surface area contributed by atoms with Crippen molar-refractivity contribution in [1.82, 2.24) is 10.0 Å². The van der Waals surface area contributed by atoms with Crippen LogP contribution in [0.2, 0.25) is 0 Å². The Morgan fingerprint density at radius 1 is 1.20 bits per heavy atom. The molecule has 1 aromatic carbocycles. The van der Waals surface area contributed by atoms with Crippen molar-refractivity contribution in [3.8, 4) is 0 Å². The lowest BCUT2D eigenvalue weighted by atomic mass is 9.77. The molecule has 1 amide bonds. The molecule has 1 fully saturated rings. The van der Waals surface area contributed by atoms with Gasteiger partial charge in [0.2, 0.25) is 5.88 Å². The number of aliphatic carboxylic acids is 1. The number of hydrogen-bond acceptors (Lipinski definition) is 6. The Balaban J connectivity index is 1.75. The lowest BCUT2D eigenvalue weighted by Crippen LogP contribution is -2.41. The molecule has 1 aliphatic heterocycles. The van der Waals surface area contributed by atoms with E-state index >= 15 is 0 Å². The number of carboxylic acid groups (broad SMARTS) is 1. The van der Waals surface area contributed by atoms with Crippen LogP contribution in [0.4, 0.5) is 5.69 Å². The normalized spacial score (nSPS) is 21.0. The van der Waals surface area contributed by atoms with Crippen LogP contribution in [0, 0.1) is 11.3 Å². The Labute approximate surface area is 208 Å². The number of ether oxygens (including phenoxy) is 1. The fraction of sp³-hybridized carbons (Fsp3) is 0.577. The number of anilines is 1. The van der Waals surface area contributed by atoms with Gasteiger partial charge in [-0.05, 0) is 61.6 Å². The second kappa shape index (κ2) is 12.1. The number of amidine groups is 1. The highest BCUT2D eigenvalue weighted by Gasteiger charge is 2.32. The SMILES string of the molecule is CCCCN(C)N(C)C1=C(C(=N)N)C(=O)N(c2ccc([C@H]3CC[C@H](CC(=O)O)CC3)cc2)CCO1. The Morgan fingerprint density at radius 2 is 1.86 bits per heavy atom. The zero-order valence-electron chi connectivity index (χ0n) is 21.1. The number of carbonyl (C=O) groups is 2. The number of rotatable bonds is 10. The number of carbonyl (C=O) groups excluding carboxylic acids is 1. The molecule has 4 N–H and O–H groups in total. The molecule has 1 aliphatic carbocycles. The molecule has 0 unspecified atom stereocenters. The van der Waals surface area contributed by atoms with Gasteiger partial charge in [0, 0.05) is 32.7 Å². The van der Waals surface area contributed by atoms with Crippen LogP contribution in [0.1, 0.15) is 63.4 Å². The second-order valence-electron chi connectivity index (χ2n) is 9.56. The van der Waals surface area contributed by atoms with Crippen molar-refractivity contribution >= 4 is 23.4 Å². The number of hydrogen-bond donors (Lipinski definition) is 3. The average Bonchev–Trinajstić information content (AvgIpc) is 3.01. The first-order valence-corrected chi connectivity index (χ1v) is 12.5. The fourth-order valence-corrected chi connectivity index (χ4v) is 4.93. The number of benzene rings is 1. The third-order valence-corrected chi connectivity index (χ3v) is 7.12. The quantitative estimate of drug-likeness (QED) is 0.263. The van der Waals surface area contributed by atoms with Gasteiger partial charge in [-0.15, -0.1) is 0 Å². The molecule has 0 radical (unpaired) electrons. The Morgan fingerprint density at radius 3 is 2.43 bits per heavy atom. The highest BCUT2D eigenvalue weighted by Crippen LogP contribution is 2.37. The number of unbranched alkanes of at least 4 members (excludes halogenated alkanes) is 1. The molecule has 0 spiro atoms. The summed E-state index contributed by atoms with van der Waals surface area (Å²) in [6, 6.07) is 7.99. The molecule has 1 aromatic rings. The highest BCUT2D eigenvalue weighted by molar-refractivity contribution is 6.24. The molecular formula is C26H39N5O4. The van der Waals surface area contributed by atoms with Gasteiger partial charge in [-0.3, -0.25) is 20.0 Å². The molecule has 35 heavy (non-hydrogen) atoms. The summed E-state index contributed by atoms with van der Waals surface area (Å²) in [4.78, 5) is 26.1. The number of amides is 1. The molecule has 0 saturated heterocycles. The molecule has 192 valence electrons. The van der Waals surface area contributed by atoms with E-state index in [1.807, 2.05) is 31.2 Å². The smallest absolute Gasteiger partial charge is 0.303 e. The Kier molecular flexibility index (Phi) is 9.14. The minimum atomic E-state index is -0.718. The van der Waals surface area contributed by atoms with Crippen molar-refractivity contribution in [2.75, 3.05) is 38.7 Å². The van der Waals surface area contributed by atoms with Crippen LogP contribution in [0.25, 0.3) is 0 Å². The molecule has 1 heterocycles. The Bertz CT molecular complexity index is 938. The van der Waals surface area contributed by atoms with E-state index in [2.05, 4.69) is 19.1 Å². The summed E-state index contributed by atoms with van der Waals surface area (Å²) in [6.45, 7) is 3.56. The summed E-state index contributed by atoms with van der Waals surface area (Å²) < 4.78 is 5.96. The van der Waals surface area contributed by atoms with E-state index in [1.54, 1.807) is 9.91 Å². The van der Waals surface area contributed by atoms with Crippen LogP contribution in [-0.2, 0) is 14.3 Å². The predicted molar refractivity (Wildman–Crippen MR) is 136 cm³/mol. The molecular weight excluding hydrogens is 446 g/mol. The van der Waals surface area contributed by atoms with Gasteiger partial charge in [-0.1, -0.05) is 25.5 Å². The maximum atomic E-state index is 13.5. The summed E-state index contributed by atoms with van der Waals surface area (Å²) in [5.74, 6) is -0.403. The van der Waals surface area contributed by atoms with Crippen LogP contribution in [0.5, 0.6) is 0 Å². The molecule has 0 atom stereocenters. The molecule has 2 aliphatic rings. The van der Waals surface area contributed by atoms with Crippen LogP contribution < -0.4 is 10.6 Å². The topological polar surface area (TPSA) is 123 Å². The number of hydrazine groups is 1. The van der Waals surface area contributed by atoms with E-state index in [1.165, 1.54) is 5.56 Å². The van der Waals surface area contributed by atoms with Crippen molar-refractivity contribution in [3.05, 3.63) is 41.3 Å². The molecule has 0 bridgehead atoms. The first-order valence-electron chi connectivity index (χ1n) is 12.5. The van der Waals surface area contributed by atoms with Gasteiger partial charge in [0.05, 0.1) is 6.54 Å². The van der Waals surface area contributed by atoms with Gasteiger partial charge in [0.25, 0.3) is 5.91 Å². The summed E-state index contributed by atoms with van der Waals surface area (Å²) in [7, 11) is 3.74. The first-order chi connectivity index (χ1) is 16.7. The molecule has 9 heteroatoms. The van der Waals surface area contributed by atoms with Crippen LogP contribution in [0.3, 0.4) is 0 Å². The zero-order valence-corrected chi connectivity index (χ0v) is 21.1. The third-order valence-electron chi connectivity index (χ3n) is 7.12. The van der Waals surface area contributed by atoms with Gasteiger partial charge >= 0.3 is 5.97 Å². The van der Waals surface area contributed by atoms with Gasteiger partial charge in [-0.2, -0.15) is 0 Å². The van der Waals surface area contributed by atoms with E-state index in [0.29, 0.717) is 25.0 Å². The maximum absolute atomic E-state index is 13.5. The van der Waals surface area contributed by atoms with Crippen molar-refractivity contribution in [1.29, 1.82) is 5.41 Å². The van der Waals surface area contributed by atoms with Crippen molar-refractivity contribution in [2.45, 2.75) is 57.8 Å². The van der Waals surface area contributed by atoms with E-state index < -0.39 is 5.97 Å². The highest BCUT2D eigenvalue weighted by atomic mass is 16.5. The third kappa shape index (κ3) is 6.54. The maximum Gasteiger partial charge on any atom is 0.303 e. The molecule has 1 saturated carbocycles. The standard InChI is InChI=1S/C26H39N5O4/c1-4-5-14-29(2)30(3)26-23(24(27)28)25(34)31(15-16-35-26)21-12-10-20(11-13-21)19-8-6-18(7-9-19)17-22(32)33/h10-13,18-19H,4-9,14-17H2,1-3H3,(H3,27,28)(H,32,33)/t18-,19-. The van der Waals surface area contributed by atoms with E-state index in [0.717, 1.165) is 50.8 Å². The second-order valence-corrected chi connectivity index (χ2v) is 9.56. The number of nitrogens with one attached hydrogen (secondary N) is 1. The van der Waals surface area contributed by atoms with Crippen molar-refractivity contribution < 1.29 is 19.4 Å². The number of nitrogens with two attached hydrogens (primary N) is 1. The largest absolute Gasteiger partial charge is 0.481 e. The van der Waals surface area contributed by atoms with Crippen molar-refractivity contribution in [3.63, 3.8) is 0 Å². The molecule has 9 nitrogen and oxygen atoms in total. The lowest BCUT2D eigenvalue weighted by Gasteiger charge is -2.32. The Hall–Kier alpha value is -3.07. The summed E-state index contributed by atoms with van der Waals surface area (Å²) in [6.07, 6.45) is 6.11. The monoisotopic (exact) mass is 485 g/mol. The van der Waals surface area contributed by atoms with Gasteiger partial charge in [-0.25, -0.2) is 5.01 Å². The van der Waals surface area contributed by atoms with E-state index in [9.17, 15) is 9.59 Å². The summed E-state index contributed by atoms with van der Waals surface area (Å²) in [5.41, 5.74) is 7.89. The predicted octanol–water partition coefficient (Wildman–Crippen LogP) is 3.52. The summed E-state index contributed by atoms with van der Waals surface area (Å²) >= 11 is 0. The van der Waals surface area contributed by atoms with Gasteiger partial charge in [0.1, 0.15) is 18.0 Å². The molecule has 0 aromatic heterocycles. The summed E-state index contributed by atoms with van der Waals surface area (Å²) in [5, 5.41) is 20.9. The zero-order chi connectivity index (χ0) is 25.5. The lowest BCUT2D eigenvalue weighted by molar-refractivity contribution is -0.138. The first kappa shape index (κ1) is 26.5. The van der Waals surface area contributed by atoms with Crippen LogP contribution in [-0.4, -0.2) is 66.6 Å². The van der Waals surface area contributed by atoms with Crippen LogP contribution >= 0.6 is 0 Å². The van der Waals surface area contributed by atoms with Crippen LogP contribution in [0.15, 0.2) is 35.7 Å². The van der Waals surface area contributed by atoms with Gasteiger partial charge in [0.15, 0.2) is 0 Å². The van der Waals surface area contributed by atoms with E-state index in [-0.39, 0.29) is 29.7 Å². The van der Waals surface area contributed by atoms with Gasteiger partial charge < -0.3 is 20.5 Å². The average molecular weight is 486 g/mol. The number of nitrogens with zero attached hydrogens (tertiary/aromatic N) is 3. The minimum Gasteiger partial charge on any atom is -0.481 e. The van der Waals surface area contributed by atoms with Crippen molar-refractivity contribution in [2.24, 2.45) is 11.7 Å². The van der Waals surface area contributed by atoms with E-state index in [4.69, 9.17) is 21.0 Å². The molecule has 3 rings (SSSR count). The fourth-order valence-electron chi connectivity index (χ4n) is 4.93. The minimum absolute atomic E-state index is 0.0641.